The molecule has 4 nitrogen and oxygen atoms in total. The van der Waals surface area contributed by atoms with Crippen molar-refractivity contribution in [3.63, 3.8) is 0 Å². The fourth-order valence-corrected chi connectivity index (χ4v) is 1.04. The summed E-state index contributed by atoms with van der Waals surface area (Å²) in [5, 5.41) is 19.1. The molecule has 0 saturated carbocycles. The Labute approximate surface area is 52.9 Å². The lowest BCUT2D eigenvalue weighted by molar-refractivity contribution is -0.907. The van der Waals surface area contributed by atoms with Gasteiger partial charge in [-0.3, -0.25) is 4.79 Å². The summed E-state index contributed by atoms with van der Waals surface area (Å²) in [7, 11) is 1.49. The number of rotatable bonds is 1. The van der Waals surface area contributed by atoms with E-state index in [1.54, 1.807) is 0 Å². The molecule has 0 unspecified atom stereocenters. The van der Waals surface area contributed by atoms with Crippen LogP contribution in [0.4, 0.5) is 0 Å². The van der Waals surface area contributed by atoms with Gasteiger partial charge in [-0.15, -0.1) is 0 Å². The molecule has 0 aliphatic carbocycles. The van der Waals surface area contributed by atoms with Crippen molar-refractivity contribution in [3.05, 3.63) is 5.21 Å². The Morgan fingerprint density at radius 3 is 2.33 bits per heavy atom. The highest BCUT2D eigenvalue weighted by molar-refractivity contribution is 5.70. The maximum Gasteiger partial charge on any atom is 0.318 e. The zero-order valence-electron chi connectivity index (χ0n) is 5.20. The van der Waals surface area contributed by atoms with Crippen molar-refractivity contribution in [2.75, 3.05) is 20.1 Å². The number of quaternary nitrogens is 1. The zero-order valence-corrected chi connectivity index (χ0v) is 5.20. The molecule has 1 heterocycles. The zero-order chi connectivity index (χ0) is 7.07. The molecule has 1 aliphatic heterocycles. The lowest BCUT2D eigenvalue weighted by atomic mass is 10.0. The molecule has 0 aromatic carbocycles. The number of aliphatic carboxylic acids is 1. The van der Waals surface area contributed by atoms with Gasteiger partial charge in [0.25, 0.3) is 0 Å². The first kappa shape index (κ1) is 6.51. The van der Waals surface area contributed by atoms with Crippen LogP contribution >= 0.6 is 0 Å². The highest BCUT2D eigenvalue weighted by Gasteiger charge is 2.38. The van der Waals surface area contributed by atoms with Crippen LogP contribution in [0.2, 0.25) is 0 Å². The largest absolute Gasteiger partial charge is 0.633 e. The summed E-state index contributed by atoms with van der Waals surface area (Å²) in [6.45, 7) is 0.463. The van der Waals surface area contributed by atoms with E-state index in [1.807, 2.05) is 0 Å². The SMILES string of the molecule is C[N+]1([O-])CC(C(=O)O)C1. The van der Waals surface area contributed by atoms with Crippen LogP contribution in [0.25, 0.3) is 0 Å². The molecule has 1 saturated heterocycles. The van der Waals surface area contributed by atoms with Crippen LogP contribution in [-0.2, 0) is 4.79 Å². The Morgan fingerprint density at radius 2 is 2.22 bits per heavy atom. The first-order valence-electron chi connectivity index (χ1n) is 2.80. The van der Waals surface area contributed by atoms with Crippen molar-refractivity contribution in [1.29, 1.82) is 0 Å². The van der Waals surface area contributed by atoms with Gasteiger partial charge in [0.15, 0.2) is 5.92 Å². The Morgan fingerprint density at radius 1 is 1.78 bits per heavy atom. The van der Waals surface area contributed by atoms with E-state index in [-0.39, 0.29) is 13.1 Å². The molecule has 1 fully saturated rings. The number of carboxylic acid groups (broad SMARTS) is 1. The summed E-state index contributed by atoms with van der Waals surface area (Å²) in [5.41, 5.74) is 0. The van der Waals surface area contributed by atoms with Gasteiger partial charge in [0.1, 0.15) is 0 Å². The molecule has 0 aromatic heterocycles. The van der Waals surface area contributed by atoms with E-state index in [9.17, 15) is 10.0 Å². The van der Waals surface area contributed by atoms with Crippen LogP contribution in [0.3, 0.4) is 0 Å². The van der Waals surface area contributed by atoms with Gasteiger partial charge < -0.3 is 15.0 Å². The average Bonchev–Trinajstić information content (AvgIpc) is 1.59. The quantitative estimate of drug-likeness (QED) is 0.390. The average molecular weight is 131 g/mol. The normalized spacial score (nSPS) is 41.8. The molecule has 0 bridgehead atoms. The molecule has 0 aromatic rings. The molecule has 0 atom stereocenters. The molecule has 1 aliphatic rings. The number of hydrogen-bond donors (Lipinski definition) is 1. The molecular weight excluding hydrogens is 122 g/mol. The second kappa shape index (κ2) is 1.68. The number of likely N-dealkylation sites (tertiary alicyclic amines) is 1. The first-order chi connectivity index (χ1) is 4.01. The second-order valence-corrected chi connectivity index (χ2v) is 2.70. The molecule has 4 heteroatoms. The van der Waals surface area contributed by atoms with Crippen LogP contribution in [0, 0.1) is 11.1 Å². The lowest BCUT2D eigenvalue weighted by Crippen LogP contribution is -2.59. The summed E-state index contributed by atoms with van der Waals surface area (Å²) in [5.74, 6) is -1.24. The number of carbonyl (C=O) groups is 1. The van der Waals surface area contributed by atoms with Gasteiger partial charge in [-0.05, 0) is 0 Å². The molecule has 0 amide bonds. The minimum atomic E-state index is -0.846. The van der Waals surface area contributed by atoms with Crippen molar-refractivity contribution >= 4 is 5.97 Å². The lowest BCUT2D eigenvalue weighted by Gasteiger charge is -2.49. The molecule has 1 N–H and O–H groups in total. The van der Waals surface area contributed by atoms with Crippen LogP contribution in [-0.4, -0.2) is 35.9 Å². The van der Waals surface area contributed by atoms with Crippen molar-refractivity contribution in [2.45, 2.75) is 0 Å². The van der Waals surface area contributed by atoms with E-state index >= 15 is 0 Å². The van der Waals surface area contributed by atoms with Crippen molar-refractivity contribution in [3.8, 4) is 0 Å². The van der Waals surface area contributed by atoms with Gasteiger partial charge in [-0.25, -0.2) is 0 Å². The smallest absolute Gasteiger partial charge is 0.318 e. The topological polar surface area (TPSA) is 60.4 Å². The maximum absolute atomic E-state index is 10.7. The predicted octanol–water partition coefficient (Wildman–Crippen LogP) is -0.355. The van der Waals surface area contributed by atoms with Crippen LogP contribution < -0.4 is 0 Å². The second-order valence-electron chi connectivity index (χ2n) is 2.70. The van der Waals surface area contributed by atoms with Gasteiger partial charge in [0.2, 0.25) is 0 Å². The molecule has 0 spiro atoms. The Bertz CT molecular complexity index is 135. The minimum absolute atomic E-state index is 0.231. The van der Waals surface area contributed by atoms with E-state index in [2.05, 4.69) is 0 Å². The third-order valence-electron chi connectivity index (χ3n) is 1.56. The van der Waals surface area contributed by atoms with Crippen molar-refractivity contribution in [1.82, 2.24) is 0 Å². The third-order valence-corrected chi connectivity index (χ3v) is 1.56. The molecule has 9 heavy (non-hydrogen) atoms. The highest BCUT2D eigenvalue weighted by atomic mass is 16.5. The minimum Gasteiger partial charge on any atom is -0.633 e. The molecule has 0 radical (unpaired) electrons. The standard InChI is InChI=1S/C5H9NO3/c1-6(9)2-4(3-6)5(7)8/h4H,2-3H2,1H3,(H,7,8). The third kappa shape index (κ3) is 1.20. The maximum atomic E-state index is 10.7. The first-order valence-corrected chi connectivity index (χ1v) is 2.80. The van der Waals surface area contributed by atoms with Crippen LogP contribution in [0.5, 0.6) is 0 Å². The Kier molecular flexibility index (Phi) is 1.22. The molecule has 1 rings (SSSR count). The Balaban J connectivity index is 2.35. The monoisotopic (exact) mass is 131 g/mol. The van der Waals surface area contributed by atoms with Gasteiger partial charge >= 0.3 is 5.97 Å². The van der Waals surface area contributed by atoms with Crippen molar-refractivity contribution < 1.29 is 14.5 Å². The summed E-state index contributed by atoms with van der Waals surface area (Å²) in [6.07, 6.45) is 0. The number of carboxylic acids is 1. The number of nitrogens with zero attached hydrogens (tertiary/aromatic N) is 1. The molecule has 52 valence electrons. The summed E-state index contributed by atoms with van der Waals surface area (Å²) < 4.78 is -0.392. The summed E-state index contributed by atoms with van der Waals surface area (Å²) >= 11 is 0. The number of hydroxylamine groups is 3. The summed E-state index contributed by atoms with van der Waals surface area (Å²) in [6, 6.07) is 0. The van der Waals surface area contributed by atoms with Gasteiger partial charge in [0, 0.05) is 0 Å². The predicted molar refractivity (Wildman–Crippen MR) is 30.4 cm³/mol. The van der Waals surface area contributed by atoms with Crippen LogP contribution in [0.1, 0.15) is 0 Å². The fraction of sp³-hybridized carbons (Fsp3) is 0.800. The fourth-order valence-electron chi connectivity index (χ4n) is 1.04. The van der Waals surface area contributed by atoms with E-state index in [1.165, 1.54) is 7.05 Å². The van der Waals surface area contributed by atoms with Gasteiger partial charge in [-0.2, -0.15) is 0 Å². The van der Waals surface area contributed by atoms with E-state index in [0.717, 1.165) is 0 Å². The molecular formula is C5H9NO3. The van der Waals surface area contributed by atoms with E-state index < -0.39 is 16.5 Å². The summed E-state index contributed by atoms with van der Waals surface area (Å²) in [4.78, 5) is 10.1. The van der Waals surface area contributed by atoms with Crippen LogP contribution in [0.15, 0.2) is 0 Å². The van der Waals surface area contributed by atoms with Gasteiger partial charge in [0.05, 0.1) is 20.1 Å². The number of hydrogen-bond acceptors (Lipinski definition) is 2. The van der Waals surface area contributed by atoms with Gasteiger partial charge in [-0.1, -0.05) is 0 Å². The van der Waals surface area contributed by atoms with Crippen molar-refractivity contribution in [2.24, 2.45) is 5.92 Å². The van der Waals surface area contributed by atoms with E-state index in [0.29, 0.717) is 0 Å². The Hall–Kier alpha value is -0.610. The van der Waals surface area contributed by atoms with E-state index in [4.69, 9.17) is 5.11 Å². The highest BCUT2D eigenvalue weighted by Crippen LogP contribution is 2.20.